The summed E-state index contributed by atoms with van der Waals surface area (Å²) >= 11 is 0. The van der Waals surface area contributed by atoms with E-state index in [-0.39, 0.29) is 5.56 Å². The summed E-state index contributed by atoms with van der Waals surface area (Å²) in [4.78, 5) is 24.1. The first-order valence-electron chi connectivity index (χ1n) is 4.14. The van der Waals surface area contributed by atoms with Crippen LogP contribution in [0.5, 0.6) is 0 Å². The van der Waals surface area contributed by atoms with Crippen molar-refractivity contribution in [2.24, 2.45) is 0 Å². The number of hydrogen-bond acceptors (Lipinski definition) is 3. The highest BCUT2D eigenvalue weighted by Gasteiger charge is 2.19. The number of nitrogen functional groups attached to an aromatic ring is 1. The number of benzene rings is 1. The zero-order valence-corrected chi connectivity index (χ0v) is 8.15. The number of anilines is 1. The van der Waals surface area contributed by atoms with Crippen LogP contribution in [-0.2, 0) is 4.79 Å². The molecule has 0 aromatic heterocycles. The average Bonchev–Trinajstić information content (AvgIpc) is 2.16. The van der Waals surface area contributed by atoms with E-state index < -0.39 is 11.7 Å². The molecule has 4 nitrogen and oxygen atoms in total. The molecule has 0 bridgehead atoms. The van der Waals surface area contributed by atoms with Gasteiger partial charge in [-0.15, -0.1) is 0 Å². The quantitative estimate of drug-likeness (QED) is 0.422. The minimum absolute atomic E-state index is 0.256. The molecular formula is C10H12N2O2. The summed E-state index contributed by atoms with van der Waals surface area (Å²) in [5.74, 6) is -1.14. The molecule has 1 rings (SSSR count). The Hall–Kier alpha value is -1.84. The van der Waals surface area contributed by atoms with E-state index in [1.165, 1.54) is 19.0 Å². The van der Waals surface area contributed by atoms with Gasteiger partial charge in [0, 0.05) is 19.8 Å². The lowest BCUT2D eigenvalue weighted by molar-refractivity contribution is -0.124. The fourth-order valence-corrected chi connectivity index (χ4v) is 1.02. The van der Waals surface area contributed by atoms with Gasteiger partial charge in [-0.05, 0) is 12.1 Å². The molecular weight excluding hydrogens is 180 g/mol. The number of Topliss-reactive ketones (excluding diaryl/α,β-unsaturated/α-hetero) is 1. The number of nitrogens with two attached hydrogens (primary N) is 1. The van der Waals surface area contributed by atoms with Gasteiger partial charge in [0.15, 0.2) is 0 Å². The number of ketones is 1. The maximum absolute atomic E-state index is 11.5. The Morgan fingerprint density at radius 3 is 2.29 bits per heavy atom. The van der Waals surface area contributed by atoms with Gasteiger partial charge in [-0.1, -0.05) is 12.1 Å². The number of para-hydroxylation sites is 1. The maximum atomic E-state index is 11.5. The highest BCUT2D eigenvalue weighted by molar-refractivity contribution is 6.43. The minimum Gasteiger partial charge on any atom is -0.398 e. The first-order chi connectivity index (χ1) is 6.54. The predicted molar refractivity (Wildman–Crippen MR) is 53.9 cm³/mol. The van der Waals surface area contributed by atoms with E-state index in [4.69, 9.17) is 5.73 Å². The average molecular weight is 192 g/mol. The number of hydrogen-bond donors (Lipinski definition) is 1. The smallest absolute Gasteiger partial charge is 0.294 e. The standard InChI is InChI=1S/C10H12N2O2/c1-12(2)10(14)9(13)7-5-3-4-6-8(7)11/h3-6H,11H2,1-2H3. The fourth-order valence-electron chi connectivity index (χ4n) is 1.02. The van der Waals surface area contributed by atoms with Crippen molar-refractivity contribution in [3.05, 3.63) is 29.8 Å². The second kappa shape index (κ2) is 3.91. The highest BCUT2D eigenvalue weighted by Crippen LogP contribution is 2.11. The number of nitrogens with zero attached hydrogens (tertiary/aromatic N) is 1. The van der Waals surface area contributed by atoms with Crippen molar-refractivity contribution in [1.82, 2.24) is 4.90 Å². The van der Waals surface area contributed by atoms with Crippen molar-refractivity contribution in [2.45, 2.75) is 0 Å². The Bertz CT molecular complexity index is 372. The van der Waals surface area contributed by atoms with Crippen LogP contribution in [0.3, 0.4) is 0 Å². The molecule has 0 unspecified atom stereocenters. The van der Waals surface area contributed by atoms with Crippen molar-refractivity contribution in [2.75, 3.05) is 19.8 Å². The molecule has 1 amide bonds. The zero-order chi connectivity index (χ0) is 10.7. The van der Waals surface area contributed by atoms with Gasteiger partial charge < -0.3 is 10.6 Å². The largest absolute Gasteiger partial charge is 0.398 e. The molecule has 74 valence electrons. The van der Waals surface area contributed by atoms with Gasteiger partial charge in [0.05, 0.1) is 5.56 Å². The lowest BCUT2D eigenvalue weighted by Crippen LogP contribution is -2.30. The Morgan fingerprint density at radius 1 is 1.21 bits per heavy atom. The summed E-state index contributed by atoms with van der Waals surface area (Å²) < 4.78 is 0. The molecule has 0 radical (unpaired) electrons. The number of likely N-dealkylation sites (N-methyl/N-ethyl adjacent to an activating group) is 1. The number of amides is 1. The van der Waals surface area contributed by atoms with Crippen LogP contribution in [-0.4, -0.2) is 30.7 Å². The first-order valence-corrected chi connectivity index (χ1v) is 4.14. The molecule has 0 fully saturated rings. The molecule has 0 aliphatic rings. The van der Waals surface area contributed by atoms with E-state index in [0.717, 1.165) is 0 Å². The molecule has 0 atom stereocenters. The topological polar surface area (TPSA) is 63.4 Å². The van der Waals surface area contributed by atoms with Crippen molar-refractivity contribution in [3.63, 3.8) is 0 Å². The molecule has 2 N–H and O–H groups in total. The zero-order valence-electron chi connectivity index (χ0n) is 8.15. The second-order valence-corrected chi connectivity index (χ2v) is 3.12. The van der Waals surface area contributed by atoms with Crippen molar-refractivity contribution in [1.29, 1.82) is 0 Å². The summed E-state index contributed by atoms with van der Waals surface area (Å²) in [6.07, 6.45) is 0. The van der Waals surface area contributed by atoms with Gasteiger partial charge in [-0.3, -0.25) is 9.59 Å². The van der Waals surface area contributed by atoms with E-state index in [2.05, 4.69) is 0 Å². The highest BCUT2D eigenvalue weighted by atomic mass is 16.2. The molecule has 0 heterocycles. The van der Waals surface area contributed by atoms with E-state index in [0.29, 0.717) is 5.69 Å². The molecule has 0 saturated carbocycles. The monoisotopic (exact) mass is 192 g/mol. The number of rotatable bonds is 2. The predicted octanol–water partition coefficient (Wildman–Crippen LogP) is 0.540. The van der Waals surface area contributed by atoms with E-state index in [1.54, 1.807) is 24.3 Å². The molecule has 4 heteroatoms. The maximum Gasteiger partial charge on any atom is 0.294 e. The third-order valence-electron chi connectivity index (χ3n) is 1.81. The van der Waals surface area contributed by atoms with E-state index >= 15 is 0 Å². The Balaban J connectivity index is 3.02. The minimum atomic E-state index is -0.576. The lowest BCUT2D eigenvalue weighted by Gasteiger charge is -2.09. The Labute approximate surface area is 82.3 Å². The van der Waals surface area contributed by atoms with Crippen LogP contribution < -0.4 is 5.73 Å². The van der Waals surface area contributed by atoms with Crippen LogP contribution in [0.2, 0.25) is 0 Å². The Morgan fingerprint density at radius 2 is 1.79 bits per heavy atom. The number of carbonyl (C=O) groups excluding carboxylic acids is 2. The summed E-state index contributed by atoms with van der Waals surface area (Å²) in [5.41, 5.74) is 6.15. The molecule has 0 aliphatic carbocycles. The third-order valence-corrected chi connectivity index (χ3v) is 1.81. The summed E-state index contributed by atoms with van der Waals surface area (Å²) in [6.45, 7) is 0. The number of carbonyl (C=O) groups is 2. The van der Waals surface area contributed by atoms with Gasteiger partial charge >= 0.3 is 0 Å². The lowest BCUT2D eigenvalue weighted by atomic mass is 10.1. The molecule has 1 aromatic rings. The van der Waals surface area contributed by atoms with E-state index in [1.807, 2.05) is 0 Å². The molecule has 1 aromatic carbocycles. The van der Waals surface area contributed by atoms with Crippen LogP contribution >= 0.6 is 0 Å². The van der Waals surface area contributed by atoms with Crippen LogP contribution in [0.4, 0.5) is 5.69 Å². The summed E-state index contributed by atoms with van der Waals surface area (Å²) in [7, 11) is 3.05. The van der Waals surface area contributed by atoms with Crippen molar-refractivity contribution in [3.8, 4) is 0 Å². The summed E-state index contributed by atoms with van der Waals surface area (Å²) in [6, 6.07) is 6.52. The van der Waals surface area contributed by atoms with Gasteiger partial charge in [-0.25, -0.2) is 0 Å². The first kappa shape index (κ1) is 10.2. The fraction of sp³-hybridized carbons (Fsp3) is 0.200. The summed E-state index contributed by atoms with van der Waals surface area (Å²) in [5, 5.41) is 0. The second-order valence-electron chi connectivity index (χ2n) is 3.12. The third kappa shape index (κ3) is 1.90. The molecule has 14 heavy (non-hydrogen) atoms. The molecule has 0 spiro atoms. The molecule has 0 saturated heterocycles. The van der Waals surface area contributed by atoms with E-state index in [9.17, 15) is 9.59 Å². The van der Waals surface area contributed by atoms with Gasteiger partial charge in [0.25, 0.3) is 11.7 Å². The van der Waals surface area contributed by atoms with Gasteiger partial charge in [0.2, 0.25) is 0 Å². The normalized spacial score (nSPS) is 9.57. The Kier molecular flexibility index (Phi) is 2.86. The SMILES string of the molecule is CN(C)C(=O)C(=O)c1ccccc1N. The van der Waals surface area contributed by atoms with Gasteiger partial charge in [-0.2, -0.15) is 0 Å². The van der Waals surface area contributed by atoms with Crippen molar-refractivity contribution < 1.29 is 9.59 Å². The van der Waals surface area contributed by atoms with Crippen LogP contribution in [0, 0.1) is 0 Å². The van der Waals surface area contributed by atoms with Gasteiger partial charge in [0.1, 0.15) is 0 Å². The van der Waals surface area contributed by atoms with Crippen molar-refractivity contribution >= 4 is 17.4 Å². The van der Waals surface area contributed by atoms with Crippen LogP contribution in [0.25, 0.3) is 0 Å². The molecule has 0 aliphatic heterocycles. The van der Waals surface area contributed by atoms with Crippen LogP contribution in [0.1, 0.15) is 10.4 Å². The van der Waals surface area contributed by atoms with Crippen LogP contribution in [0.15, 0.2) is 24.3 Å².